The number of nitrogens with one attached hydrogen (secondary N) is 2. The Balaban J connectivity index is 1.74. The van der Waals surface area contributed by atoms with Crippen molar-refractivity contribution in [3.63, 3.8) is 0 Å². The molecule has 0 bridgehead atoms. The Morgan fingerprint density at radius 2 is 2.12 bits per heavy atom. The number of ether oxygens (including phenoxy) is 2. The highest BCUT2D eigenvalue weighted by Gasteiger charge is 2.20. The summed E-state index contributed by atoms with van der Waals surface area (Å²) < 4.78 is 48.6. The zero-order chi connectivity index (χ0) is 18.1. The summed E-state index contributed by atoms with van der Waals surface area (Å²) >= 11 is 0. The van der Waals surface area contributed by atoms with Gasteiger partial charge in [-0.2, -0.15) is 8.78 Å². The van der Waals surface area contributed by atoms with E-state index in [-0.39, 0.29) is 17.9 Å². The number of hydrogen-bond acceptors (Lipinski definition) is 3. The summed E-state index contributed by atoms with van der Waals surface area (Å²) in [5.74, 6) is 0.391. The Morgan fingerprint density at radius 3 is 2.80 bits per heavy atom. The predicted molar refractivity (Wildman–Crippen MR) is 89.4 cm³/mol. The normalized spacial score (nSPS) is 14.7. The van der Waals surface area contributed by atoms with Crippen molar-refractivity contribution in [2.24, 2.45) is 10.9 Å². The van der Waals surface area contributed by atoms with Gasteiger partial charge in [0.05, 0.1) is 0 Å². The summed E-state index contributed by atoms with van der Waals surface area (Å²) in [4.78, 5) is 4.02. The highest BCUT2D eigenvalue weighted by Crippen LogP contribution is 2.28. The quantitative estimate of drug-likeness (QED) is 0.383. The number of benzene rings is 1. The van der Waals surface area contributed by atoms with E-state index in [0.29, 0.717) is 19.1 Å². The molecule has 1 aliphatic rings. The topological polar surface area (TPSA) is 54.9 Å². The molecular weight excluding hydrogens is 335 g/mol. The molecule has 8 heteroatoms. The van der Waals surface area contributed by atoms with E-state index in [9.17, 15) is 13.2 Å². The summed E-state index contributed by atoms with van der Waals surface area (Å²) in [6.07, 6.45) is 3.34. The van der Waals surface area contributed by atoms with Crippen LogP contribution in [0.4, 0.5) is 13.2 Å². The number of alkyl halides is 2. The van der Waals surface area contributed by atoms with E-state index in [1.807, 2.05) is 0 Å². The van der Waals surface area contributed by atoms with Crippen molar-refractivity contribution in [1.82, 2.24) is 10.6 Å². The van der Waals surface area contributed by atoms with E-state index in [1.165, 1.54) is 31.0 Å². The standard InChI is InChI=1S/C17H24F3N3O2/c1-21-17(22-8-3-9-24-11-12-6-7-12)23-10-13-14(18)4-2-5-15(13)25-16(19)20/h2,4-5,12,16H,3,6-11H2,1H3,(H2,21,22,23). The molecule has 2 rings (SSSR count). The maximum absolute atomic E-state index is 13.9. The average Bonchev–Trinajstić information content (AvgIpc) is 3.39. The molecule has 0 radical (unpaired) electrons. The Bertz CT molecular complexity index is 566. The molecular formula is C17H24F3N3O2. The van der Waals surface area contributed by atoms with E-state index in [1.54, 1.807) is 7.05 Å². The van der Waals surface area contributed by atoms with Crippen LogP contribution in [0, 0.1) is 11.7 Å². The first-order valence-corrected chi connectivity index (χ1v) is 8.34. The fourth-order valence-corrected chi connectivity index (χ4v) is 2.23. The summed E-state index contributed by atoms with van der Waals surface area (Å²) in [7, 11) is 1.58. The van der Waals surface area contributed by atoms with Crippen molar-refractivity contribution in [1.29, 1.82) is 0 Å². The third kappa shape index (κ3) is 7.21. The second-order valence-corrected chi connectivity index (χ2v) is 5.82. The third-order valence-corrected chi connectivity index (χ3v) is 3.76. The molecule has 1 saturated carbocycles. The molecule has 0 unspecified atom stereocenters. The summed E-state index contributed by atoms with van der Waals surface area (Å²) in [5, 5.41) is 5.96. The number of rotatable bonds is 10. The molecule has 0 atom stereocenters. The molecule has 0 aliphatic heterocycles. The van der Waals surface area contributed by atoms with Crippen molar-refractivity contribution in [3.05, 3.63) is 29.6 Å². The van der Waals surface area contributed by atoms with Gasteiger partial charge in [-0.15, -0.1) is 0 Å². The monoisotopic (exact) mass is 359 g/mol. The Hall–Kier alpha value is -1.96. The minimum Gasteiger partial charge on any atom is -0.434 e. The van der Waals surface area contributed by atoms with Crippen molar-refractivity contribution in [3.8, 4) is 5.75 Å². The zero-order valence-electron chi connectivity index (χ0n) is 14.2. The lowest BCUT2D eigenvalue weighted by molar-refractivity contribution is -0.0506. The molecule has 0 heterocycles. The number of guanidine groups is 1. The second kappa shape index (κ2) is 10.1. The fraction of sp³-hybridized carbons (Fsp3) is 0.588. The number of aliphatic imine (C=N–C) groups is 1. The molecule has 1 aromatic rings. The van der Waals surface area contributed by atoms with Crippen LogP contribution in [0.5, 0.6) is 5.75 Å². The number of halogens is 3. The first-order chi connectivity index (χ1) is 12.1. The largest absolute Gasteiger partial charge is 0.434 e. The summed E-state index contributed by atoms with van der Waals surface area (Å²) in [5.41, 5.74) is 0.0264. The zero-order valence-corrected chi connectivity index (χ0v) is 14.2. The van der Waals surface area contributed by atoms with Gasteiger partial charge in [0.2, 0.25) is 0 Å². The van der Waals surface area contributed by atoms with Crippen molar-refractivity contribution >= 4 is 5.96 Å². The van der Waals surface area contributed by atoms with Crippen LogP contribution >= 0.6 is 0 Å². The van der Waals surface area contributed by atoms with Gasteiger partial charge in [0.25, 0.3) is 0 Å². The molecule has 2 N–H and O–H groups in total. The van der Waals surface area contributed by atoms with E-state index in [2.05, 4.69) is 20.4 Å². The van der Waals surface area contributed by atoms with Gasteiger partial charge >= 0.3 is 6.61 Å². The minimum absolute atomic E-state index is 0.0213. The summed E-state index contributed by atoms with van der Waals surface area (Å²) in [6, 6.07) is 3.83. The molecule has 0 spiro atoms. The molecule has 1 aromatic carbocycles. The second-order valence-electron chi connectivity index (χ2n) is 5.82. The highest BCUT2D eigenvalue weighted by atomic mass is 19.3. The molecule has 1 fully saturated rings. The lowest BCUT2D eigenvalue weighted by atomic mass is 10.2. The Kier molecular flexibility index (Phi) is 7.84. The number of nitrogens with zero attached hydrogens (tertiary/aromatic N) is 1. The Morgan fingerprint density at radius 1 is 1.32 bits per heavy atom. The van der Waals surface area contributed by atoms with Gasteiger partial charge in [-0.3, -0.25) is 4.99 Å². The van der Waals surface area contributed by atoms with Gasteiger partial charge in [0.1, 0.15) is 11.6 Å². The molecule has 140 valence electrons. The Labute approximate surface area is 145 Å². The van der Waals surface area contributed by atoms with Crippen molar-refractivity contribution in [2.45, 2.75) is 32.4 Å². The number of hydrogen-bond donors (Lipinski definition) is 2. The molecule has 1 aliphatic carbocycles. The van der Waals surface area contributed by atoms with Crippen LogP contribution < -0.4 is 15.4 Å². The predicted octanol–water partition coefficient (Wildman–Crippen LogP) is 2.91. The van der Waals surface area contributed by atoms with Gasteiger partial charge in [0, 0.05) is 38.9 Å². The van der Waals surface area contributed by atoms with Gasteiger partial charge in [-0.25, -0.2) is 4.39 Å². The smallest absolute Gasteiger partial charge is 0.387 e. The van der Waals surface area contributed by atoms with Gasteiger partial charge in [-0.05, 0) is 37.3 Å². The van der Waals surface area contributed by atoms with Gasteiger partial charge in [0.15, 0.2) is 5.96 Å². The van der Waals surface area contributed by atoms with Crippen LogP contribution in [0.2, 0.25) is 0 Å². The lowest BCUT2D eigenvalue weighted by Gasteiger charge is -2.15. The molecule has 0 saturated heterocycles. The van der Waals surface area contributed by atoms with Gasteiger partial charge < -0.3 is 20.1 Å². The van der Waals surface area contributed by atoms with Crippen LogP contribution in [0.3, 0.4) is 0 Å². The first-order valence-electron chi connectivity index (χ1n) is 8.34. The van der Waals surface area contributed by atoms with Crippen LogP contribution in [0.1, 0.15) is 24.8 Å². The highest BCUT2D eigenvalue weighted by molar-refractivity contribution is 5.79. The minimum atomic E-state index is -3.01. The van der Waals surface area contributed by atoms with E-state index < -0.39 is 12.4 Å². The van der Waals surface area contributed by atoms with Crippen LogP contribution in [0.15, 0.2) is 23.2 Å². The van der Waals surface area contributed by atoms with Crippen LogP contribution in [0.25, 0.3) is 0 Å². The average molecular weight is 359 g/mol. The molecule has 0 amide bonds. The molecule has 25 heavy (non-hydrogen) atoms. The van der Waals surface area contributed by atoms with Crippen LogP contribution in [-0.2, 0) is 11.3 Å². The molecule has 0 aromatic heterocycles. The SMILES string of the molecule is CN=C(NCCCOCC1CC1)NCc1c(F)cccc1OC(F)F. The van der Waals surface area contributed by atoms with Crippen molar-refractivity contribution in [2.75, 3.05) is 26.8 Å². The van der Waals surface area contributed by atoms with E-state index in [0.717, 1.165) is 18.9 Å². The maximum Gasteiger partial charge on any atom is 0.387 e. The molecule has 5 nitrogen and oxygen atoms in total. The lowest BCUT2D eigenvalue weighted by Crippen LogP contribution is -2.37. The van der Waals surface area contributed by atoms with Gasteiger partial charge in [-0.1, -0.05) is 6.07 Å². The van der Waals surface area contributed by atoms with E-state index in [4.69, 9.17) is 4.74 Å². The van der Waals surface area contributed by atoms with E-state index >= 15 is 0 Å². The fourth-order valence-electron chi connectivity index (χ4n) is 2.23. The van der Waals surface area contributed by atoms with Crippen LogP contribution in [-0.4, -0.2) is 39.4 Å². The summed E-state index contributed by atoms with van der Waals surface area (Å²) in [6.45, 7) is -0.893. The third-order valence-electron chi connectivity index (χ3n) is 3.76. The van der Waals surface area contributed by atoms with Crippen molar-refractivity contribution < 1.29 is 22.6 Å². The first kappa shape index (κ1) is 19.4. The maximum atomic E-state index is 13.9.